The molecule has 0 spiro atoms. The topological polar surface area (TPSA) is 54.5 Å². The Hall–Kier alpha value is -1.14. The molecule has 1 aromatic rings. The summed E-state index contributed by atoms with van der Waals surface area (Å²) in [6.07, 6.45) is 5.17. The normalized spacial score (nSPS) is 16.5. The smallest absolute Gasteiger partial charge is 0.352 e. The van der Waals surface area contributed by atoms with Crippen LogP contribution in [0.2, 0.25) is 0 Å². The van der Waals surface area contributed by atoms with Crippen molar-refractivity contribution in [2.24, 2.45) is 0 Å². The molecule has 6 heteroatoms. The molecule has 2 rings (SSSR count). The Morgan fingerprint density at radius 1 is 1.29 bits per heavy atom. The first kappa shape index (κ1) is 16.2. The lowest BCUT2D eigenvalue weighted by atomic mass is 10.2. The summed E-state index contributed by atoms with van der Waals surface area (Å²) < 4.78 is 5.12. The third kappa shape index (κ3) is 4.68. The van der Waals surface area contributed by atoms with Crippen LogP contribution in [0.15, 0.2) is 0 Å². The molecule has 0 atom stereocenters. The second-order valence-corrected chi connectivity index (χ2v) is 6.31. The number of nitrogens with zero attached hydrogens (tertiary/aromatic N) is 2. The second kappa shape index (κ2) is 8.34. The van der Waals surface area contributed by atoms with Crippen LogP contribution in [0.4, 0.5) is 5.82 Å². The van der Waals surface area contributed by atoms with Crippen LogP contribution in [0.5, 0.6) is 0 Å². The predicted octanol–water partition coefficient (Wildman–Crippen LogP) is 3.13. The van der Waals surface area contributed by atoms with E-state index in [1.165, 1.54) is 37.0 Å². The predicted molar refractivity (Wildman–Crippen MR) is 86.0 cm³/mol. The zero-order chi connectivity index (χ0) is 15.1. The van der Waals surface area contributed by atoms with Gasteiger partial charge in [-0.2, -0.15) is 0 Å². The number of likely N-dealkylation sites (tertiary alicyclic amines) is 1. The van der Waals surface area contributed by atoms with Crippen LogP contribution in [-0.4, -0.2) is 42.1 Å². The third-order valence-corrected chi connectivity index (χ3v) is 4.55. The average molecular weight is 311 g/mol. The monoisotopic (exact) mass is 311 g/mol. The van der Waals surface area contributed by atoms with Gasteiger partial charge in [0.15, 0.2) is 10.7 Å². The molecule has 2 heterocycles. The van der Waals surface area contributed by atoms with Crippen molar-refractivity contribution in [1.82, 2.24) is 9.88 Å². The first-order chi connectivity index (χ1) is 10.2. The Labute approximate surface area is 130 Å². The zero-order valence-corrected chi connectivity index (χ0v) is 13.8. The molecular weight excluding hydrogens is 286 g/mol. The molecule has 0 unspecified atom stereocenters. The maximum absolute atomic E-state index is 12.0. The molecular formula is C15H25N3O2S. The number of ether oxygens (including phenoxy) is 1. The highest BCUT2D eigenvalue weighted by molar-refractivity contribution is 7.14. The van der Waals surface area contributed by atoms with Crippen LogP contribution >= 0.6 is 11.3 Å². The van der Waals surface area contributed by atoms with Gasteiger partial charge < -0.3 is 10.1 Å². The Bertz CT molecular complexity index is 454. The highest BCUT2D eigenvalue weighted by Crippen LogP contribution is 2.26. The first-order valence-corrected chi connectivity index (χ1v) is 8.69. The van der Waals surface area contributed by atoms with Gasteiger partial charge in [0, 0.05) is 6.54 Å². The van der Waals surface area contributed by atoms with Gasteiger partial charge >= 0.3 is 5.97 Å². The number of esters is 1. The van der Waals surface area contributed by atoms with Crippen molar-refractivity contribution in [1.29, 1.82) is 0 Å². The number of carbonyl (C=O) groups is 1. The van der Waals surface area contributed by atoms with E-state index in [1.54, 1.807) is 0 Å². The van der Waals surface area contributed by atoms with Crippen molar-refractivity contribution in [3.8, 4) is 0 Å². The van der Waals surface area contributed by atoms with Gasteiger partial charge in [-0.25, -0.2) is 9.78 Å². The van der Waals surface area contributed by atoms with Gasteiger partial charge in [-0.3, -0.25) is 4.90 Å². The highest BCUT2D eigenvalue weighted by atomic mass is 32.1. The standard InChI is InChI=1S/C15H25N3O2S/c1-3-16-14-13(15(19)20-4-2)21-12(17-14)11-18-9-7-5-6-8-10-18/h16H,3-11H2,1-2H3. The largest absolute Gasteiger partial charge is 0.462 e. The van der Waals surface area contributed by atoms with Gasteiger partial charge in [-0.05, 0) is 39.8 Å². The summed E-state index contributed by atoms with van der Waals surface area (Å²) in [6.45, 7) is 8.06. The molecule has 1 N–H and O–H groups in total. The number of anilines is 1. The summed E-state index contributed by atoms with van der Waals surface area (Å²) in [5.74, 6) is 0.402. The van der Waals surface area contributed by atoms with E-state index >= 15 is 0 Å². The third-order valence-electron chi connectivity index (χ3n) is 3.53. The van der Waals surface area contributed by atoms with E-state index in [2.05, 4.69) is 15.2 Å². The van der Waals surface area contributed by atoms with Gasteiger partial charge in [0.05, 0.1) is 13.2 Å². The molecule has 5 nitrogen and oxygen atoms in total. The Morgan fingerprint density at radius 2 is 2.00 bits per heavy atom. The fraction of sp³-hybridized carbons (Fsp3) is 0.733. The molecule has 1 fully saturated rings. The van der Waals surface area contributed by atoms with Crippen molar-refractivity contribution < 1.29 is 9.53 Å². The van der Waals surface area contributed by atoms with Crippen LogP contribution in [0, 0.1) is 0 Å². The lowest BCUT2D eigenvalue weighted by molar-refractivity contribution is 0.0533. The van der Waals surface area contributed by atoms with Crippen molar-refractivity contribution >= 4 is 23.1 Å². The zero-order valence-electron chi connectivity index (χ0n) is 13.0. The molecule has 1 aromatic heterocycles. The number of rotatable bonds is 6. The molecule has 0 saturated carbocycles. The van der Waals surface area contributed by atoms with Crippen molar-refractivity contribution in [3.05, 3.63) is 9.88 Å². The van der Waals surface area contributed by atoms with Crippen LogP contribution in [0.3, 0.4) is 0 Å². The maximum Gasteiger partial charge on any atom is 0.352 e. The van der Waals surface area contributed by atoms with E-state index in [9.17, 15) is 4.79 Å². The van der Waals surface area contributed by atoms with Gasteiger partial charge in [-0.15, -0.1) is 11.3 Å². The van der Waals surface area contributed by atoms with Crippen molar-refractivity contribution in [3.63, 3.8) is 0 Å². The molecule has 1 saturated heterocycles. The Morgan fingerprint density at radius 3 is 2.62 bits per heavy atom. The summed E-state index contributed by atoms with van der Waals surface area (Å²) in [5, 5.41) is 4.16. The van der Waals surface area contributed by atoms with Crippen LogP contribution in [-0.2, 0) is 11.3 Å². The fourth-order valence-electron chi connectivity index (χ4n) is 2.54. The molecule has 1 aliphatic heterocycles. The summed E-state index contributed by atoms with van der Waals surface area (Å²) in [5.41, 5.74) is 0. The summed E-state index contributed by atoms with van der Waals surface area (Å²) in [6, 6.07) is 0. The van der Waals surface area contributed by atoms with Gasteiger partial charge in [-0.1, -0.05) is 12.8 Å². The minimum atomic E-state index is -0.270. The Kier molecular flexibility index (Phi) is 6.45. The summed E-state index contributed by atoms with van der Waals surface area (Å²) in [7, 11) is 0. The van der Waals surface area contributed by atoms with Gasteiger partial charge in [0.25, 0.3) is 0 Å². The molecule has 0 aromatic carbocycles. The molecule has 0 amide bonds. The molecule has 0 aliphatic carbocycles. The lowest BCUT2D eigenvalue weighted by Gasteiger charge is -2.17. The number of hydrogen-bond acceptors (Lipinski definition) is 6. The number of carbonyl (C=O) groups excluding carboxylic acids is 1. The van der Waals surface area contributed by atoms with Crippen LogP contribution in [0.25, 0.3) is 0 Å². The van der Waals surface area contributed by atoms with Gasteiger partial charge in [0.2, 0.25) is 0 Å². The SMILES string of the molecule is CCNc1nc(CN2CCCCCC2)sc1C(=O)OCC. The average Bonchev–Trinajstić information content (AvgIpc) is 2.68. The first-order valence-electron chi connectivity index (χ1n) is 7.87. The quantitative estimate of drug-likeness (QED) is 0.818. The molecule has 1 aliphatic rings. The van der Waals surface area contributed by atoms with Crippen molar-refractivity contribution in [2.45, 2.75) is 46.1 Å². The number of hydrogen-bond donors (Lipinski definition) is 1. The van der Waals surface area contributed by atoms with E-state index in [1.807, 2.05) is 13.8 Å². The van der Waals surface area contributed by atoms with E-state index in [0.29, 0.717) is 17.3 Å². The highest BCUT2D eigenvalue weighted by Gasteiger charge is 2.20. The van der Waals surface area contributed by atoms with Crippen LogP contribution < -0.4 is 5.32 Å². The van der Waals surface area contributed by atoms with E-state index in [-0.39, 0.29) is 5.97 Å². The van der Waals surface area contributed by atoms with Crippen molar-refractivity contribution in [2.75, 3.05) is 31.6 Å². The minimum Gasteiger partial charge on any atom is -0.462 e. The molecule has 118 valence electrons. The number of thiazole rings is 1. The molecule has 21 heavy (non-hydrogen) atoms. The lowest BCUT2D eigenvalue weighted by Crippen LogP contribution is -2.23. The fourth-order valence-corrected chi connectivity index (χ4v) is 3.52. The van der Waals surface area contributed by atoms with Crippen LogP contribution in [0.1, 0.15) is 54.2 Å². The molecule has 0 radical (unpaired) electrons. The second-order valence-electron chi connectivity index (χ2n) is 5.23. The molecule has 0 bridgehead atoms. The number of nitrogens with one attached hydrogen (secondary N) is 1. The van der Waals surface area contributed by atoms with Gasteiger partial charge in [0.1, 0.15) is 5.01 Å². The Balaban J connectivity index is 2.08. The van der Waals surface area contributed by atoms with E-state index < -0.39 is 0 Å². The maximum atomic E-state index is 12.0. The summed E-state index contributed by atoms with van der Waals surface area (Å²) >= 11 is 1.46. The number of aromatic nitrogens is 1. The minimum absolute atomic E-state index is 0.270. The van der Waals surface area contributed by atoms with E-state index in [0.717, 1.165) is 31.2 Å². The summed E-state index contributed by atoms with van der Waals surface area (Å²) in [4.78, 5) is 19.6. The van der Waals surface area contributed by atoms with E-state index in [4.69, 9.17) is 4.74 Å².